The summed E-state index contributed by atoms with van der Waals surface area (Å²) in [5.74, 6) is 0.627. The van der Waals surface area contributed by atoms with E-state index in [1.54, 1.807) is 17.0 Å². The van der Waals surface area contributed by atoms with E-state index in [0.29, 0.717) is 23.8 Å². The van der Waals surface area contributed by atoms with Gasteiger partial charge in [0, 0.05) is 18.7 Å². The number of aromatic hydroxyl groups is 1. The predicted octanol–water partition coefficient (Wildman–Crippen LogP) is 1.60. The number of nitrogens with two attached hydrogens (primary N) is 1. The molecule has 2 atom stereocenters. The van der Waals surface area contributed by atoms with Gasteiger partial charge < -0.3 is 20.5 Å². The van der Waals surface area contributed by atoms with Crippen LogP contribution in [0.4, 0.5) is 0 Å². The van der Waals surface area contributed by atoms with Crippen LogP contribution in [0.3, 0.4) is 0 Å². The van der Waals surface area contributed by atoms with E-state index in [9.17, 15) is 9.90 Å². The zero-order chi connectivity index (χ0) is 14.7. The van der Waals surface area contributed by atoms with Crippen molar-refractivity contribution in [3.63, 3.8) is 0 Å². The standard InChI is InChI=1S/C15H22N2O3/c1-17(12-5-3-4-11(12)9-16)15(19)10-6-7-14(20-2)13(18)8-10/h6-8,11-12,18H,3-5,9,16H2,1-2H3. The van der Waals surface area contributed by atoms with E-state index in [-0.39, 0.29) is 17.7 Å². The average molecular weight is 278 g/mol. The molecule has 5 heteroatoms. The van der Waals surface area contributed by atoms with Crippen LogP contribution in [0.1, 0.15) is 29.6 Å². The van der Waals surface area contributed by atoms with E-state index in [0.717, 1.165) is 19.3 Å². The molecule has 1 amide bonds. The minimum absolute atomic E-state index is 0.0199. The lowest BCUT2D eigenvalue weighted by atomic mass is 10.0. The first-order chi connectivity index (χ1) is 9.58. The zero-order valence-corrected chi connectivity index (χ0v) is 12.0. The van der Waals surface area contributed by atoms with Crippen molar-refractivity contribution in [3.05, 3.63) is 23.8 Å². The van der Waals surface area contributed by atoms with Gasteiger partial charge in [-0.1, -0.05) is 6.42 Å². The Bertz CT molecular complexity index is 490. The molecule has 0 spiro atoms. The number of carbonyl (C=O) groups excluding carboxylic acids is 1. The van der Waals surface area contributed by atoms with Gasteiger partial charge in [-0.05, 0) is 43.5 Å². The van der Waals surface area contributed by atoms with E-state index >= 15 is 0 Å². The van der Waals surface area contributed by atoms with Crippen LogP contribution in [0.25, 0.3) is 0 Å². The van der Waals surface area contributed by atoms with Gasteiger partial charge in [-0.25, -0.2) is 0 Å². The van der Waals surface area contributed by atoms with Crippen molar-refractivity contribution in [2.75, 3.05) is 20.7 Å². The third-order valence-electron chi connectivity index (χ3n) is 4.17. The van der Waals surface area contributed by atoms with Crippen molar-refractivity contribution in [1.29, 1.82) is 0 Å². The number of benzene rings is 1. The number of amides is 1. The second kappa shape index (κ2) is 6.13. The zero-order valence-electron chi connectivity index (χ0n) is 12.0. The second-order valence-corrected chi connectivity index (χ2v) is 5.30. The number of hydrogen-bond donors (Lipinski definition) is 2. The lowest BCUT2D eigenvalue weighted by Gasteiger charge is -2.29. The summed E-state index contributed by atoms with van der Waals surface area (Å²) >= 11 is 0. The fraction of sp³-hybridized carbons (Fsp3) is 0.533. The van der Waals surface area contributed by atoms with Crippen LogP contribution in [0.15, 0.2) is 18.2 Å². The molecule has 3 N–H and O–H groups in total. The molecule has 2 rings (SSSR count). The van der Waals surface area contributed by atoms with E-state index in [1.807, 2.05) is 7.05 Å². The molecule has 0 bridgehead atoms. The molecule has 2 unspecified atom stereocenters. The Labute approximate surface area is 119 Å². The largest absolute Gasteiger partial charge is 0.504 e. The summed E-state index contributed by atoms with van der Waals surface area (Å²) in [6, 6.07) is 4.91. The summed E-state index contributed by atoms with van der Waals surface area (Å²) in [7, 11) is 3.29. The summed E-state index contributed by atoms with van der Waals surface area (Å²) in [4.78, 5) is 14.2. The van der Waals surface area contributed by atoms with E-state index in [2.05, 4.69) is 0 Å². The normalized spacial score (nSPS) is 21.8. The highest BCUT2D eigenvalue weighted by Gasteiger charge is 2.32. The molecule has 1 aliphatic carbocycles. The fourth-order valence-corrected chi connectivity index (χ4v) is 2.98. The number of nitrogens with zero attached hydrogens (tertiary/aromatic N) is 1. The van der Waals surface area contributed by atoms with Crippen LogP contribution >= 0.6 is 0 Å². The fourth-order valence-electron chi connectivity index (χ4n) is 2.98. The van der Waals surface area contributed by atoms with Crippen molar-refractivity contribution in [1.82, 2.24) is 4.90 Å². The molecule has 1 aromatic carbocycles. The molecule has 1 fully saturated rings. The number of methoxy groups -OCH3 is 1. The van der Waals surface area contributed by atoms with Crippen LogP contribution in [0, 0.1) is 5.92 Å². The summed E-state index contributed by atoms with van der Waals surface area (Å²) in [5.41, 5.74) is 6.23. The number of rotatable bonds is 4. The van der Waals surface area contributed by atoms with Crippen molar-refractivity contribution in [3.8, 4) is 11.5 Å². The Kier molecular flexibility index (Phi) is 4.49. The molecule has 110 valence electrons. The quantitative estimate of drug-likeness (QED) is 0.877. The molecule has 0 heterocycles. The maximum atomic E-state index is 12.5. The van der Waals surface area contributed by atoms with Gasteiger partial charge in [-0.15, -0.1) is 0 Å². The van der Waals surface area contributed by atoms with Crippen molar-refractivity contribution in [2.45, 2.75) is 25.3 Å². The Morgan fingerprint density at radius 2 is 2.25 bits per heavy atom. The van der Waals surface area contributed by atoms with Crippen LogP contribution < -0.4 is 10.5 Å². The first-order valence-corrected chi connectivity index (χ1v) is 6.92. The van der Waals surface area contributed by atoms with E-state index in [4.69, 9.17) is 10.5 Å². The van der Waals surface area contributed by atoms with Crippen LogP contribution in [0.5, 0.6) is 11.5 Å². The summed E-state index contributed by atoms with van der Waals surface area (Å²) in [6.07, 6.45) is 3.18. The van der Waals surface area contributed by atoms with E-state index < -0.39 is 0 Å². The SMILES string of the molecule is COc1ccc(C(=O)N(C)C2CCCC2CN)cc1O. The Hall–Kier alpha value is -1.75. The first kappa shape index (κ1) is 14.7. The number of hydrogen-bond acceptors (Lipinski definition) is 4. The third kappa shape index (κ3) is 2.72. The Morgan fingerprint density at radius 3 is 2.85 bits per heavy atom. The van der Waals surface area contributed by atoms with Gasteiger partial charge in [0.2, 0.25) is 0 Å². The molecule has 0 saturated heterocycles. The van der Waals surface area contributed by atoms with Gasteiger partial charge >= 0.3 is 0 Å². The molecule has 5 nitrogen and oxygen atoms in total. The molecule has 0 aliphatic heterocycles. The number of phenolic OH excluding ortho intramolecular Hbond substituents is 1. The predicted molar refractivity (Wildman–Crippen MR) is 76.9 cm³/mol. The van der Waals surface area contributed by atoms with E-state index in [1.165, 1.54) is 13.2 Å². The first-order valence-electron chi connectivity index (χ1n) is 6.92. The van der Waals surface area contributed by atoms with Gasteiger partial charge in [0.05, 0.1) is 7.11 Å². The summed E-state index contributed by atoms with van der Waals surface area (Å²) in [6.45, 7) is 0.607. The maximum Gasteiger partial charge on any atom is 0.253 e. The van der Waals surface area contributed by atoms with Crippen molar-refractivity contribution in [2.24, 2.45) is 11.7 Å². The van der Waals surface area contributed by atoms with Gasteiger partial charge in [0.25, 0.3) is 5.91 Å². The summed E-state index contributed by atoms with van der Waals surface area (Å²) in [5, 5.41) is 9.77. The Balaban J connectivity index is 2.16. The molecular formula is C15H22N2O3. The molecule has 1 saturated carbocycles. The van der Waals surface area contributed by atoms with Gasteiger partial charge in [0.1, 0.15) is 0 Å². The smallest absolute Gasteiger partial charge is 0.253 e. The van der Waals surface area contributed by atoms with Gasteiger partial charge in [-0.2, -0.15) is 0 Å². The average Bonchev–Trinajstić information content (AvgIpc) is 2.94. The molecule has 1 aromatic rings. The molecule has 0 radical (unpaired) electrons. The highest BCUT2D eigenvalue weighted by molar-refractivity contribution is 5.95. The molecule has 0 aromatic heterocycles. The minimum Gasteiger partial charge on any atom is -0.504 e. The number of ether oxygens (including phenoxy) is 1. The molecular weight excluding hydrogens is 256 g/mol. The molecule has 1 aliphatic rings. The highest BCUT2D eigenvalue weighted by Crippen LogP contribution is 2.31. The third-order valence-corrected chi connectivity index (χ3v) is 4.17. The number of phenols is 1. The van der Waals surface area contributed by atoms with Gasteiger partial charge in [0.15, 0.2) is 11.5 Å². The van der Waals surface area contributed by atoms with Gasteiger partial charge in [-0.3, -0.25) is 4.79 Å². The lowest BCUT2D eigenvalue weighted by molar-refractivity contribution is 0.0699. The Morgan fingerprint density at radius 1 is 1.50 bits per heavy atom. The van der Waals surface area contributed by atoms with Crippen LogP contribution in [-0.4, -0.2) is 42.7 Å². The van der Waals surface area contributed by atoms with Crippen LogP contribution in [-0.2, 0) is 0 Å². The summed E-state index contributed by atoms with van der Waals surface area (Å²) < 4.78 is 4.98. The van der Waals surface area contributed by atoms with Crippen molar-refractivity contribution < 1.29 is 14.6 Å². The topological polar surface area (TPSA) is 75.8 Å². The second-order valence-electron chi connectivity index (χ2n) is 5.30. The highest BCUT2D eigenvalue weighted by atomic mass is 16.5. The minimum atomic E-state index is -0.0895. The lowest BCUT2D eigenvalue weighted by Crippen LogP contribution is -2.41. The monoisotopic (exact) mass is 278 g/mol. The number of carbonyl (C=O) groups is 1. The maximum absolute atomic E-state index is 12.5. The van der Waals surface area contributed by atoms with Crippen LogP contribution in [0.2, 0.25) is 0 Å². The molecule has 20 heavy (non-hydrogen) atoms. The van der Waals surface area contributed by atoms with Crippen molar-refractivity contribution >= 4 is 5.91 Å².